The third-order valence-corrected chi connectivity index (χ3v) is 8.37. The molecule has 0 spiro atoms. The van der Waals surface area contributed by atoms with E-state index in [2.05, 4.69) is 82.2 Å². The predicted molar refractivity (Wildman–Crippen MR) is 153 cm³/mol. The molecule has 6 bridgehead atoms. The van der Waals surface area contributed by atoms with Crippen molar-refractivity contribution >= 4 is 22.4 Å². The van der Waals surface area contributed by atoms with E-state index in [0.717, 1.165) is 58.4 Å². The first-order chi connectivity index (χ1) is 19.1. The average molecular weight is 537 g/mol. The highest BCUT2D eigenvalue weighted by molar-refractivity contribution is 6.32. The number of pyridine rings is 1. The van der Waals surface area contributed by atoms with Crippen molar-refractivity contribution < 1.29 is 9.47 Å². The van der Waals surface area contributed by atoms with Crippen LogP contribution >= 0.6 is 11.6 Å². The molecule has 1 saturated heterocycles. The number of hydrogen-bond acceptors (Lipinski definition) is 5. The van der Waals surface area contributed by atoms with Crippen molar-refractivity contribution in [3.63, 3.8) is 0 Å². The number of nitrogens with zero attached hydrogens (tertiary/aromatic N) is 4. The van der Waals surface area contributed by atoms with Gasteiger partial charge in [-0.1, -0.05) is 48.0 Å². The second kappa shape index (κ2) is 9.79. The number of rotatable bonds is 2. The van der Waals surface area contributed by atoms with E-state index < -0.39 is 5.54 Å². The molecule has 0 aliphatic carbocycles. The van der Waals surface area contributed by atoms with Gasteiger partial charge in [-0.2, -0.15) is 0 Å². The molecule has 6 nitrogen and oxygen atoms in total. The minimum absolute atomic E-state index is 0.520. The van der Waals surface area contributed by atoms with Crippen LogP contribution in [0, 0.1) is 0 Å². The molecule has 1 unspecified atom stereocenters. The molecule has 0 amide bonds. The van der Waals surface area contributed by atoms with E-state index in [1.165, 1.54) is 5.56 Å². The second-order valence-electron chi connectivity index (χ2n) is 10.2. The zero-order chi connectivity index (χ0) is 26.4. The number of fused-ring (bicyclic) bond motifs is 6. The zero-order valence-corrected chi connectivity index (χ0v) is 22.6. The molecule has 2 aliphatic rings. The van der Waals surface area contributed by atoms with Crippen LogP contribution in [0.1, 0.15) is 22.4 Å². The monoisotopic (exact) mass is 536 g/mol. The Balaban J connectivity index is 1.61. The van der Waals surface area contributed by atoms with Crippen molar-refractivity contribution in [1.82, 2.24) is 19.4 Å². The van der Waals surface area contributed by atoms with E-state index in [0.29, 0.717) is 30.6 Å². The van der Waals surface area contributed by atoms with Gasteiger partial charge in [-0.25, -0.2) is 4.98 Å². The van der Waals surface area contributed by atoms with Gasteiger partial charge in [-0.05, 0) is 52.4 Å². The molecule has 2 aliphatic heterocycles. The van der Waals surface area contributed by atoms with Gasteiger partial charge < -0.3 is 14.0 Å². The zero-order valence-electron chi connectivity index (χ0n) is 21.8. The van der Waals surface area contributed by atoms with E-state index in [4.69, 9.17) is 26.1 Å². The molecular weight excluding hydrogens is 508 g/mol. The lowest BCUT2D eigenvalue weighted by molar-refractivity contribution is 0.000382. The summed E-state index contributed by atoms with van der Waals surface area (Å²) in [6, 6.07) is 23.6. The molecule has 7 rings (SSSR count). The molecule has 39 heavy (non-hydrogen) atoms. The predicted octanol–water partition coefficient (Wildman–Crippen LogP) is 5.85. The largest absolute Gasteiger partial charge is 0.492 e. The van der Waals surface area contributed by atoms with Crippen molar-refractivity contribution in [3.05, 3.63) is 113 Å². The Morgan fingerprint density at radius 3 is 2.62 bits per heavy atom. The normalized spacial score (nSPS) is 19.5. The second-order valence-corrected chi connectivity index (χ2v) is 10.6. The fourth-order valence-corrected chi connectivity index (χ4v) is 6.38. The van der Waals surface area contributed by atoms with Crippen molar-refractivity contribution in [1.29, 1.82) is 0 Å². The van der Waals surface area contributed by atoms with Crippen LogP contribution in [-0.2, 0) is 23.7 Å². The van der Waals surface area contributed by atoms with Crippen LogP contribution in [-0.4, -0.2) is 52.3 Å². The lowest BCUT2D eigenvalue weighted by atomic mass is 9.77. The maximum atomic E-state index is 6.72. The van der Waals surface area contributed by atoms with Gasteiger partial charge in [-0.15, -0.1) is 0 Å². The van der Waals surface area contributed by atoms with Crippen molar-refractivity contribution in [2.24, 2.45) is 7.05 Å². The van der Waals surface area contributed by atoms with Gasteiger partial charge in [0.15, 0.2) is 0 Å². The SMILES string of the molecule is Cn1cncc1C1(N2CCOCC2)c2ccc(Cl)c(c2)OCCc2cccc(c2)-c2nccc3ccc1cc23. The van der Waals surface area contributed by atoms with Crippen LogP contribution in [0.25, 0.3) is 22.0 Å². The number of ether oxygens (including phenoxy) is 2. The topological polar surface area (TPSA) is 52.4 Å². The van der Waals surface area contributed by atoms with Crippen molar-refractivity contribution in [2.45, 2.75) is 12.0 Å². The number of hydrogen-bond donors (Lipinski definition) is 0. The molecule has 0 radical (unpaired) electrons. The van der Waals surface area contributed by atoms with E-state index in [1.807, 2.05) is 24.8 Å². The third kappa shape index (κ3) is 4.02. The Hall–Kier alpha value is -3.71. The van der Waals surface area contributed by atoms with Gasteiger partial charge in [0, 0.05) is 43.7 Å². The number of halogens is 1. The molecule has 2 aromatic heterocycles. The summed E-state index contributed by atoms with van der Waals surface area (Å²) >= 11 is 6.72. The average Bonchev–Trinajstić information content (AvgIpc) is 3.40. The number of aryl methyl sites for hydroxylation is 1. The third-order valence-electron chi connectivity index (χ3n) is 8.05. The summed E-state index contributed by atoms with van der Waals surface area (Å²) in [6.45, 7) is 3.37. The minimum Gasteiger partial charge on any atom is -0.492 e. The van der Waals surface area contributed by atoms with Gasteiger partial charge in [0.1, 0.15) is 11.3 Å². The molecule has 4 heterocycles. The summed E-state index contributed by atoms with van der Waals surface area (Å²) in [5.41, 5.74) is 5.89. The van der Waals surface area contributed by atoms with Gasteiger partial charge >= 0.3 is 0 Å². The van der Waals surface area contributed by atoms with Crippen molar-refractivity contribution in [3.8, 4) is 17.0 Å². The molecule has 7 heteroatoms. The standard InChI is InChI=1S/C32H29ClN4O2/c1-36-21-34-20-30(36)32(37-12-15-38-16-13-37)25-6-5-23-9-11-35-31(27(23)18-25)24-4-2-3-22(17-24)10-14-39-29-19-26(32)7-8-28(29)33/h2-9,11,17-21H,10,12-16H2,1H3. The molecule has 196 valence electrons. The summed E-state index contributed by atoms with van der Waals surface area (Å²) in [6.07, 6.45) is 6.51. The molecular formula is C32H29ClN4O2. The van der Waals surface area contributed by atoms with Crippen LogP contribution in [0.2, 0.25) is 5.02 Å². The molecule has 1 fully saturated rings. The lowest BCUT2D eigenvalue weighted by Gasteiger charge is -2.46. The summed E-state index contributed by atoms with van der Waals surface area (Å²) in [5.74, 6) is 0.685. The van der Waals surface area contributed by atoms with E-state index >= 15 is 0 Å². The summed E-state index contributed by atoms with van der Waals surface area (Å²) < 4.78 is 14.3. The molecule has 1 atom stereocenters. The first kappa shape index (κ1) is 24.3. The fourth-order valence-electron chi connectivity index (χ4n) is 6.21. The van der Waals surface area contributed by atoms with Crippen LogP contribution in [0.4, 0.5) is 0 Å². The summed E-state index contributed by atoms with van der Waals surface area (Å²) in [7, 11) is 2.06. The maximum absolute atomic E-state index is 6.72. The van der Waals surface area contributed by atoms with Crippen LogP contribution in [0.5, 0.6) is 5.75 Å². The van der Waals surface area contributed by atoms with Crippen LogP contribution in [0.3, 0.4) is 0 Å². The van der Waals surface area contributed by atoms with E-state index in [9.17, 15) is 0 Å². The molecule has 0 N–H and O–H groups in total. The van der Waals surface area contributed by atoms with Crippen LogP contribution in [0.15, 0.2) is 85.5 Å². The summed E-state index contributed by atoms with van der Waals surface area (Å²) in [4.78, 5) is 12.0. The highest BCUT2D eigenvalue weighted by Crippen LogP contribution is 2.46. The number of benzene rings is 3. The number of imidazole rings is 1. The lowest BCUT2D eigenvalue weighted by Crippen LogP contribution is -2.53. The Bertz CT molecular complexity index is 1680. The van der Waals surface area contributed by atoms with Gasteiger partial charge in [0.25, 0.3) is 0 Å². The van der Waals surface area contributed by atoms with Gasteiger partial charge in [0.2, 0.25) is 0 Å². The molecule has 3 aromatic carbocycles. The summed E-state index contributed by atoms with van der Waals surface area (Å²) in [5, 5.41) is 2.88. The van der Waals surface area contributed by atoms with Crippen LogP contribution < -0.4 is 4.74 Å². The number of morpholine rings is 1. The first-order valence-electron chi connectivity index (χ1n) is 13.4. The Kier molecular flexibility index (Phi) is 6.11. The smallest absolute Gasteiger partial charge is 0.138 e. The highest BCUT2D eigenvalue weighted by atomic mass is 35.5. The van der Waals surface area contributed by atoms with Gasteiger partial charge in [0.05, 0.1) is 48.8 Å². The number of aromatic nitrogens is 3. The molecule has 0 saturated carbocycles. The Morgan fingerprint density at radius 2 is 1.77 bits per heavy atom. The van der Waals surface area contributed by atoms with E-state index in [-0.39, 0.29) is 0 Å². The minimum atomic E-state index is -0.662. The Labute approximate surface area is 232 Å². The van der Waals surface area contributed by atoms with E-state index in [1.54, 1.807) is 0 Å². The van der Waals surface area contributed by atoms with Gasteiger partial charge in [-0.3, -0.25) is 9.88 Å². The maximum Gasteiger partial charge on any atom is 0.138 e. The Morgan fingerprint density at radius 1 is 0.923 bits per heavy atom. The van der Waals surface area contributed by atoms with Crippen molar-refractivity contribution in [2.75, 3.05) is 32.9 Å². The first-order valence-corrected chi connectivity index (χ1v) is 13.7. The fraction of sp³-hybridized carbons (Fsp3) is 0.250. The highest BCUT2D eigenvalue weighted by Gasteiger charge is 2.45. The quantitative estimate of drug-likeness (QED) is 0.283. The molecule has 5 aromatic rings.